The van der Waals surface area contributed by atoms with E-state index >= 15 is 0 Å². The zero-order valence-electron chi connectivity index (χ0n) is 16.4. The van der Waals surface area contributed by atoms with Gasteiger partial charge in [-0.25, -0.2) is 9.78 Å². The van der Waals surface area contributed by atoms with Gasteiger partial charge in [0.05, 0.1) is 5.56 Å². The number of aromatic nitrogens is 1. The van der Waals surface area contributed by atoms with Crippen molar-refractivity contribution in [1.29, 1.82) is 0 Å². The SMILES string of the molecule is Cc1oc(-c2ccccc2)nc1COC(=O)c1ccccc1C(=O)c1ccccc1. The number of aryl methyl sites for hydroxylation is 1. The van der Waals surface area contributed by atoms with Crippen LogP contribution in [0.1, 0.15) is 37.7 Å². The van der Waals surface area contributed by atoms with E-state index in [9.17, 15) is 9.59 Å². The normalized spacial score (nSPS) is 10.6. The second-order valence-electron chi connectivity index (χ2n) is 6.70. The Bertz CT molecular complexity index is 1180. The van der Waals surface area contributed by atoms with Gasteiger partial charge in [0, 0.05) is 16.7 Å². The Morgan fingerprint density at radius 3 is 2.13 bits per heavy atom. The van der Waals surface area contributed by atoms with Gasteiger partial charge in [0.1, 0.15) is 18.1 Å². The highest BCUT2D eigenvalue weighted by molar-refractivity contribution is 6.14. The first-order valence-corrected chi connectivity index (χ1v) is 9.51. The predicted molar refractivity (Wildman–Crippen MR) is 112 cm³/mol. The molecule has 4 aromatic rings. The predicted octanol–water partition coefficient (Wildman–Crippen LogP) is 5.24. The van der Waals surface area contributed by atoms with Crippen LogP contribution in [-0.4, -0.2) is 16.7 Å². The minimum atomic E-state index is -0.585. The number of oxazole rings is 1. The summed E-state index contributed by atoms with van der Waals surface area (Å²) in [5.74, 6) is 0.236. The molecule has 3 aromatic carbocycles. The third kappa shape index (κ3) is 4.05. The highest BCUT2D eigenvalue weighted by Gasteiger charge is 2.20. The molecule has 0 aliphatic heterocycles. The van der Waals surface area contributed by atoms with Crippen LogP contribution >= 0.6 is 0 Å². The molecule has 148 valence electrons. The molecule has 0 fully saturated rings. The quantitative estimate of drug-likeness (QED) is 0.329. The summed E-state index contributed by atoms with van der Waals surface area (Å²) in [5.41, 5.74) is 2.41. The van der Waals surface area contributed by atoms with Gasteiger partial charge in [0.25, 0.3) is 0 Å². The first-order chi connectivity index (χ1) is 14.6. The van der Waals surface area contributed by atoms with Gasteiger partial charge in [0.2, 0.25) is 5.89 Å². The van der Waals surface area contributed by atoms with Gasteiger partial charge in [-0.3, -0.25) is 4.79 Å². The van der Waals surface area contributed by atoms with Crippen molar-refractivity contribution < 1.29 is 18.7 Å². The molecule has 30 heavy (non-hydrogen) atoms. The van der Waals surface area contributed by atoms with E-state index in [1.807, 2.05) is 36.4 Å². The van der Waals surface area contributed by atoms with Crippen LogP contribution in [0.4, 0.5) is 0 Å². The molecule has 0 saturated heterocycles. The molecular weight excluding hydrogens is 378 g/mol. The monoisotopic (exact) mass is 397 g/mol. The van der Waals surface area contributed by atoms with Gasteiger partial charge in [-0.1, -0.05) is 66.7 Å². The zero-order chi connectivity index (χ0) is 20.9. The largest absolute Gasteiger partial charge is 0.455 e. The molecule has 5 heteroatoms. The number of ketones is 1. The summed E-state index contributed by atoms with van der Waals surface area (Å²) in [7, 11) is 0. The van der Waals surface area contributed by atoms with Gasteiger partial charge in [0.15, 0.2) is 5.78 Å². The standard InChI is InChI=1S/C25H19NO4/c1-17-22(26-24(30-17)19-12-6-3-7-13-19)16-29-25(28)21-15-9-8-14-20(21)23(27)18-10-4-2-5-11-18/h2-15H,16H2,1H3. The molecule has 0 atom stereocenters. The molecule has 0 N–H and O–H groups in total. The Labute approximate surface area is 174 Å². The molecule has 4 rings (SSSR count). The molecule has 0 spiro atoms. The van der Waals surface area contributed by atoms with Gasteiger partial charge >= 0.3 is 5.97 Å². The number of carbonyl (C=O) groups is 2. The minimum absolute atomic E-state index is 0.0468. The summed E-state index contributed by atoms with van der Waals surface area (Å²) in [6, 6.07) is 25.0. The van der Waals surface area contributed by atoms with E-state index < -0.39 is 5.97 Å². The van der Waals surface area contributed by atoms with Crippen molar-refractivity contribution in [2.24, 2.45) is 0 Å². The second-order valence-corrected chi connectivity index (χ2v) is 6.70. The van der Waals surface area contributed by atoms with Crippen molar-refractivity contribution in [1.82, 2.24) is 4.98 Å². The number of nitrogens with zero attached hydrogens (tertiary/aromatic N) is 1. The lowest BCUT2D eigenvalue weighted by Crippen LogP contribution is -2.13. The maximum absolute atomic E-state index is 12.8. The van der Waals surface area contributed by atoms with Crippen LogP contribution < -0.4 is 0 Å². The summed E-state index contributed by atoms with van der Waals surface area (Å²) < 4.78 is 11.2. The maximum atomic E-state index is 12.8. The molecule has 0 saturated carbocycles. The summed E-state index contributed by atoms with van der Waals surface area (Å²) >= 11 is 0. The molecule has 0 aliphatic carbocycles. The fraction of sp³-hybridized carbons (Fsp3) is 0.0800. The van der Waals surface area contributed by atoms with Gasteiger partial charge in [-0.05, 0) is 25.1 Å². The van der Waals surface area contributed by atoms with Crippen LogP contribution in [0.15, 0.2) is 89.3 Å². The number of esters is 1. The first-order valence-electron chi connectivity index (χ1n) is 9.51. The fourth-order valence-electron chi connectivity index (χ4n) is 3.08. The molecular formula is C25H19NO4. The van der Waals surface area contributed by atoms with E-state index in [4.69, 9.17) is 9.15 Å². The average molecular weight is 397 g/mol. The number of rotatable bonds is 6. The van der Waals surface area contributed by atoms with E-state index in [-0.39, 0.29) is 18.0 Å². The highest BCUT2D eigenvalue weighted by atomic mass is 16.5. The Morgan fingerprint density at radius 1 is 0.833 bits per heavy atom. The molecule has 1 heterocycles. The molecule has 1 aromatic heterocycles. The maximum Gasteiger partial charge on any atom is 0.339 e. The third-order valence-electron chi connectivity index (χ3n) is 4.68. The summed E-state index contributed by atoms with van der Waals surface area (Å²) in [6.07, 6.45) is 0. The summed E-state index contributed by atoms with van der Waals surface area (Å²) in [5, 5.41) is 0. The smallest absolute Gasteiger partial charge is 0.339 e. The number of benzene rings is 3. The van der Waals surface area contributed by atoms with Crippen molar-refractivity contribution in [3.63, 3.8) is 0 Å². The first kappa shape index (κ1) is 19.3. The number of ether oxygens (including phenoxy) is 1. The van der Waals surface area contributed by atoms with Crippen molar-refractivity contribution >= 4 is 11.8 Å². The Morgan fingerprint density at radius 2 is 1.43 bits per heavy atom. The average Bonchev–Trinajstić information content (AvgIpc) is 3.18. The second kappa shape index (κ2) is 8.57. The number of hydrogen-bond donors (Lipinski definition) is 0. The molecule has 0 amide bonds. The van der Waals surface area contributed by atoms with Gasteiger partial charge in [-0.15, -0.1) is 0 Å². The van der Waals surface area contributed by atoms with Crippen molar-refractivity contribution in [2.45, 2.75) is 13.5 Å². The summed E-state index contributed by atoms with van der Waals surface area (Å²) in [4.78, 5) is 30.0. The fourth-order valence-corrected chi connectivity index (χ4v) is 3.08. The zero-order valence-corrected chi connectivity index (χ0v) is 16.4. The van der Waals surface area contributed by atoms with Gasteiger partial charge < -0.3 is 9.15 Å². The van der Waals surface area contributed by atoms with Gasteiger partial charge in [-0.2, -0.15) is 0 Å². The summed E-state index contributed by atoms with van der Waals surface area (Å²) in [6.45, 7) is 1.73. The van der Waals surface area contributed by atoms with E-state index in [0.717, 1.165) is 5.56 Å². The number of carbonyl (C=O) groups excluding carboxylic acids is 2. The van der Waals surface area contributed by atoms with E-state index in [2.05, 4.69) is 4.98 Å². The van der Waals surface area contributed by atoms with E-state index in [1.54, 1.807) is 55.5 Å². The highest BCUT2D eigenvalue weighted by Crippen LogP contribution is 2.22. The molecule has 0 unspecified atom stereocenters. The molecule has 0 bridgehead atoms. The lowest BCUT2D eigenvalue weighted by atomic mass is 9.98. The topological polar surface area (TPSA) is 69.4 Å². The lowest BCUT2D eigenvalue weighted by molar-refractivity contribution is 0.0464. The minimum Gasteiger partial charge on any atom is -0.455 e. The van der Waals surface area contributed by atoms with E-state index in [0.29, 0.717) is 28.5 Å². The molecule has 0 aliphatic rings. The van der Waals surface area contributed by atoms with Crippen LogP contribution in [0.2, 0.25) is 0 Å². The van der Waals surface area contributed by atoms with Crippen LogP contribution in [0.3, 0.4) is 0 Å². The van der Waals surface area contributed by atoms with Crippen molar-refractivity contribution in [3.8, 4) is 11.5 Å². The van der Waals surface area contributed by atoms with Crippen LogP contribution in [0.5, 0.6) is 0 Å². The lowest BCUT2D eigenvalue weighted by Gasteiger charge is -2.08. The third-order valence-corrected chi connectivity index (χ3v) is 4.68. The van der Waals surface area contributed by atoms with Crippen molar-refractivity contribution in [2.75, 3.05) is 0 Å². The van der Waals surface area contributed by atoms with E-state index in [1.165, 1.54) is 0 Å². The number of hydrogen-bond acceptors (Lipinski definition) is 5. The van der Waals surface area contributed by atoms with Crippen molar-refractivity contribution in [3.05, 3.63) is 113 Å². The molecule has 0 radical (unpaired) electrons. The van der Waals surface area contributed by atoms with Crippen LogP contribution in [0.25, 0.3) is 11.5 Å². The van der Waals surface area contributed by atoms with Crippen LogP contribution in [0, 0.1) is 6.92 Å². The molecule has 5 nitrogen and oxygen atoms in total. The Kier molecular flexibility index (Phi) is 5.52. The Hall–Kier alpha value is -3.99. The Balaban J connectivity index is 1.52. The van der Waals surface area contributed by atoms with Crippen LogP contribution in [-0.2, 0) is 11.3 Å².